The van der Waals surface area contributed by atoms with Crippen molar-refractivity contribution in [3.8, 4) is 0 Å². The molecule has 0 aromatic heterocycles. The summed E-state index contributed by atoms with van der Waals surface area (Å²) in [5, 5.41) is 14.0. The maximum Gasteiger partial charge on any atom is 0.294 e. The van der Waals surface area contributed by atoms with E-state index in [1.165, 1.54) is 13.0 Å². The second kappa shape index (κ2) is 7.40. The Labute approximate surface area is 144 Å². The first kappa shape index (κ1) is 17.9. The van der Waals surface area contributed by atoms with E-state index in [0.29, 0.717) is 18.2 Å². The van der Waals surface area contributed by atoms with Gasteiger partial charge >= 0.3 is 0 Å². The fraction of sp³-hybridized carbons (Fsp3) is 0.562. The van der Waals surface area contributed by atoms with Crippen molar-refractivity contribution in [2.24, 2.45) is 5.92 Å². The number of rotatable bonds is 5. The largest absolute Gasteiger partial charge is 0.320 e. The normalized spacial score (nSPS) is 14.7. The van der Waals surface area contributed by atoms with E-state index in [9.17, 15) is 14.9 Å². The SMILES string of the molecule is CC(=O)Nc1c([N+](=O)[O-])cc(Br)c2c1CN(CCC(C)C)CC2. The van der Waals surface area contributed by atoms with Crippen molar-refractivity contribution >= 4 is 33.2 Å². The van der Waals surface area contributed by atoms with Gasteiger partial charge in [0, 0.05) is 36.1 Å². The standard InChI is InChI=1S/C16H22BrN3O3/c1-10(2)4-6-19-7-5-12-13(9-19)16(18-11(3)21)15(20(22)23)8-14(12)17/h8,10H,4-7,9H2,1-3H3,(H,18,21). The van der Waals surface area contributed by atoms with Gasteiger partial charge in [0.25, 0.3) is 5.69 Å². The first-order chi connectivity index (χ1) is 10.8. The second-order valence-electron chi connectivity index (χ2n) is 6.36. The van der Waals surface area contributed by atoms with Gasteiger partial charge in [0.15, 0.2) is 0 Å². The molecule has 0 saturated heterocycles. The topological polar surface area (TPSA) is 75.5 Å². The van der Waals surface area contributed by atoms with Crippen LogP contribution in [-0.2, 0) is 17.8 Å². The Balaban J connectivity index is 2.41. The van der Waals surface area contributed by atoms with E-state index in [0.717, 1.165) is 41.5 Å². The van der Waals surface area contributed by atoms with Crippen LogP contribution >= 0.6 is 15.9 Å². The van der Waals surface area contributed by atoms with E-state index in [-0.39, 0.29) is 11.6 Å². The molecule has 1 aromatic carbocycles. The summed E-state index contributed by atoms with van der Waals surface area (Å²) < 4.78 is 0.747. The van der Waals surface area contributed by atoms with E-state index in [2.05, 4.69) is 40.0 Å². The Morgan fingerprint density at radius 3 is 2.74 bits per heavy atom. The number of nitro benzene ring substituents is 1. The maximum atomic E-state index is 11.5. The Morgan fingerprint density at radius 2 is 2.17 bits per heavy atom. The number of anilines is 1. The van der Waals surface area contributed by atoms with Crippen molar-refractivity contribution in [1.82, 2.24) is 4.90 Å². The lowest BCUT2D eigenvalue weighted by Gasteiger charge is -2.31. The predicted molar refractivity (Wildman–Crippen MR) is 93.5 cm³/mol. The van der Waals surface area contributed by atoms with Gasteiger partial charge in [0.1, 0.15) is 5.69 Å². The molecule has 23 heavy (non-hydrogen) atoms. The van der Waals surface area contributed by atoms with E-state index in [1.54, 1.807) is 0 Å². The third-order valence-electron chi connectivity index (χ3n) is 4.05. The molecule has 0 unspecified atom stereocenters. The summed E-state index contributed by atoms with van der Waals surface area (Å²) >= 11 is 3.45. The Kier molecular flexibility index (Phi) is 5.75. The molecule has 1 aliphatic heterocycles. The number of hydrogen-bond donors (Lipinski definition) is 1. The van der Waals surface area contributed by atoms with Crippen LogP contribution in [0.25, 0.3) is 0 Å². The summed E-state index contributed by atoms with van der Waals surface area (Å²) in [5.74, 6) is 0.319. The van der Waals surface area contributed by atoms with Gasteiger partial charge in [-0.25, -0.2) is 0 Å². The molecule has 0 bridgehead atoms. The van der Waals surface area contributed by atoms with Gasteiger partial charge in [-0.05, 0) is 30.9 Å². The van der Waals surface area contributed by atoms with E-state index < -0.39 is 4.92 Å². The van der Waals surface area contributed by atoms with Crippen LogP contribution in [0.2, 0.25) is 0 Å². The number of nitrogens with zero attached hydrogens (tertiary/aromatic N) is 2. The van der Waals surface area contributed by atoms with Gasteiger partial charge in [-0.3, -0.25) is 19.8 Å². The molecule has 0 fully saturated rings. The smallest absolute Gasteiger partial charge is 0.294 e. The van der Waals surface area contributed by atoms with Crippen LogP contribution in [0.1, 0.15) is 38.3 Å². The third kappa shape index (κ3) is 4.29. The summed E-state index contributed by atoms with van der Waals surface area (Å²) in [6.45, 7) is 8.24. The number of halogens is 1. The fourth-order valence-corrected chi connectivity index (χ4v) is 3.49. The minimum atomic E-state index is -0.441. The zero-order chi connectivity index (χ0) is 17.1. The monoisotopic (exact) mass is 383 g/mol. The number of carbonyl (C=O) groups is 1. The van der Waals surface area contributed by atoms with Crippen LogP contribution in [0.15, 0.2) is 10.5 Å². The number of fused-ring (bicyclic) bond motifs is 1. The van der Waals surface area contributed by atoms with Gasteiger partial charge in [0.2, 0.25) is 5.91 Å². The average Bonchev–Trinajstić information content (AvgIpc) is 2.47. The van der Waals surface area contributed by atoms with Crippen molar-refractivity contribution in [3.63, 3.8) is 0 Å². The molecule has 1 heterocycles. The summed E-state index contributed by atoms with van der Waals surface area (Å²) in [6.07, 6.45) is 1.90. The molecule has 2 rings (SSSR count). The minimum absolute atomic E-state index is 0.0588. The molecule has 1 N–H and O–H groups in total. The van der Waals surface area contributed by atoms with E-state index in [4.69, 9.17) is 0 Å². The lowest BCUT2D eigenvalue weighted by molar-refractivity contribution is -0.384. The molecule has 1 aromatic rings. The van der Waals surface area contributed by atoms with Gasteiger partial charge in [-0.2, -0.15) is 0 Å². The zero-order valence-corrected chi connectivity index (χ0v) is 15.3. The van der Waals surface area contributed by atoms with E-state index >= 15 is 0 Å². The van der Waals surface area contributed by atoms with Crippen molar-refractivity contribution in [2.45, 2.75) is 40.2 Å². The first-order valence-electron chi connectivity index (χ1n) is 7.78. The third-order valence-corrected chi connectivity index (χ3v) is 4.76. The highest BCUT2D eigenvalue weighted by Gasteiger charge is 2.28. The molecule has 126 valence electrons. The number of nitrogens with one attached hydrogen (secondary N) is 1. The molecule has 0 atom stereocenters. The van der Waals surface area contributed by atoms with Crippen molar-refractivity contribution < 1.29 is 9.72 Å². The second-order valence-corrected chi connectivity index (χ2v) is 7.21. The fourth-order valence-electron chi connectivity index (χ4n) is 2.84. The molecule has 6 nitrogen and oxygen atoms in total. The van der Waals surface area contributed by atoms with Gasteiger partial charge in [-0.15, -0.1) is 0 Å². The molecular weight excluding hydrogens is 362 g/mol. The molecule has 1 amide bonds. The minimum Gasteiger partial charge on any atom is -0.320 e. The Bertz CT molecular complexity index is 631. The molecule has 7 heteroatoms. The molecule has 0 radical (unpaired) electrons. The summed E-state index contributed by atoms with van der Waals surface area (Å²) in [5.41, 5.74) is 2.20. The van der Waals surface area contributed by atoms with Crippen LogP contribution < -0.4 is 5.32 Å². The Hall–Kier alpha value is -1.47. The highest BCUT2D eigenvalue weighted by Crippen LogP contribution is 2.39. The number of amides is 1. The number of hydrogen-bond acceptors (Lipinski definition) is 4. The quantitative estimate of drug-likeness (QED) is 0.620. The van der Waals surface area contributed by atoms with Crippen molar-refractivity contribution in [3.05, 3.63) is 31.8 Å². The van der Waals surface area contributed by atoms with Crippen molar-refractivity contribution in [2.75, 3.05) is 18.4 Å². The summed E-state index contributed by atoms with van der Waals surface area (Å²) in [7, 11) is 0. The average molecular weight is 384 g/mol. The molecule has 0 saturated carbocycles. The van der Waals surface area contributed by atoms with Gasteiger partial charge in [0.05, 0.1) is 4.92 Å². The van der Waals surface area contributed by atoms with Crippen LogP contribution in [-0.4, -0.2) is 28.8 Å². The number of nitro groups is 1. The van der Waals surface area contributed by atoms with Crippen LogP contribution in [0.4, 0.5) is 11.4 Å². The lowest BCUT2D eigenvalue weighted by atomic mass is 9.96. The Morgan fingerprint density at radius 1 is 1.48 bits per heavy atom. The van der Waals surface area contributed by atoms with Crippen LogP contribution in [0.5, 0.6) is 0 Å². The maximum absolute atomic E-state index is 11.5. The van der Waals surface area contributed by atoms with Crippen molar-refractivity contribution in [1.29, 1.82) is 0 Å². The van der Waals surface area contributed by atoms with Gasteiger partial charge < -0.3 is 5.32 Å². The van der Waals surface area contributed by atoms with E-state index in [1.807, 2.05) is 0 Å². The predicted octanol–water partition coefficient (Wildman–Crippen LogP) is 3.72. The first-order valence-corrected chi connectivity index (χ1v) is 8.57. The summed E-state index contributed by atoms with van der Waals surface area (Å²) in [6, 6.07) is 1.49. The molecule has 1 aliphatic rings. The molecule has 0 aliphatic carbocycles. The molecule has 0 spiro atoms. The van der Waals surface area contributed by atoms with Crippen LogP contribution in [0, 0.1) is 16.0 Å². The van der Waals surface area contributed by atoms with Crippen LogP contribution in [0.3, 0.4) is 0 Å². The number of carbonyl (C=O) groups excluding carboxylic acids is 1. The number of benzene rings is 1. The van der Waals surface area contributed by atoms with Gasteiger partial charge in [-0.1, -0.05) is 29.8 Å². The molecular formula is C16H22BrN3O3. The highest BCUT2D eigenvalue weighted by atomic mass is 79.9. The lowest BCUT2D eigenvalue weighted by Crippen LogP contribution is -2.33. The summed E-state index contributed by atoms with van der Waals surface area (Å²) in [4.78, 5) is 24.7. The zero-order valence-electron chi connectivity index (χ0n) is 13.7. The highest BCUT2D eigenvalue weighted by molar-refractivity contribution is 9.10.